The fraction of sp³-hybridized carbons (Fsp3) is 0.417. The molecule has 0 bridgehead atoms. The number of carbonyl (C=O) groups is 1. The van der Waals surface area contributed by atoms with Gasteiger partial charge in [0.15, 0.2) is 0 Å². The van der Waals surface area contributed by atoms with Gasteiger partial charge < -0.3 is 30.3 Å². The molecule has 6 nitrogen and oxygen atoms in total. The number of hydrogen-bond acceptors (Lipinski definition) is 6. The fourth-order valence-corrected chi connectivity index (χ4v) is 0.728. The van der Waals surface area contributed by atoms with Gasteiger partial charge in [-0.05, 0) is 12.1 Å². The second-order valence-corrected chi connectivity index (χ2v) is 3.47. The van der Waals surface area contributed by atoms with Crippen LogP contribution in [0.25, 0.3) is 0 Å². The molecule has 1 rings (SSSR count). The topological polar surface area (TPSA) is 118 Å². The van der Waals surface area contributed by atoms with E-state index in [0.717, 1.165) is 0 Å². The molecule has 0 radical (unpaired) electrons. The van der Waals surface area contributed by atoms with Crippen LogP contribution in [0.1, 0.15) is 0 Å². The molecule has 0 aliphatic carbocycles. The van der Waals surface area contributed by atoms with Crippen LogP contribution in [0.3, 0.4) is 0 Å². The number of aliphatic hydroxyl groups is 4. The predicted molar refractivity (Wildman–Crippen MR) is 66.0 cm³/mol. The van der Waals surface area contributed by atoms with Crippen LogP contribution in [0.5, 0.6) is 5.75 Å². The maximum atomic E-state index is 8.63. The van der Waals surface area contributed by atoms with Crippen LogP contribution in [-0.4, -0.2) is 58.7 Å². The van der Waals surface area contributed by atoms with Crippen LogP contribution in [0, 0.1) is 5.41 Å². The molecule has 6 heteroatoms. The maximum Gasteiger partial charge on any atom is 0.115 e. The zero-order valence-electron chi connectivity index (χ0n) is 10.1. The third-order valence-corrected chi connectivity index (χ3v) is 2.10. The Morgan fingerprint density at radius 1 is 0.833 bits per heavy atom. The maximum absolute atomic E-state index is 8.63. The van der Waals surface area contributed by atoms with E-state index in [1.807, 2.05) is 12.9 Å². The summed E-state index contributed by atoms with van der Waals surface area (Å²) in [6, 6.07) is 8.71. The highest BCUT2D eigenvalue weighted by molar-refractivity contribution is 5.18. The highest BCUT2D eigenvalue weighted by Gasteiger charge is 2.26. The molecule has 0 aromatic heterocycles. The molecule has 5 N–H and O–H groups in total. The molecule has 18 heavy (non-hydrogen) atoms. The van der Waals surface area contributed by atoms with Crippen molar-refractivity contribution in [2.45, 2.75) is 0 Å². The summed E-state index contributed by atoms with van der Waals surface area (Å²) in [5.41, 5.74) is -1.11. The molecule has 0 amide bonds. The van der Waals surface area contributed by atoms with Crippen LogP contribution in [0.2, 0.25) is 0 Å². The summed E-state index contributed by atoms with van der Waals surface area (Å²) >= 11 is 0. The van der Waals surface area contributed by atoms with Gasteiger partial charge in [-0.15, -0.1) is 0 Å². The van der Waals surface area contributed by atoms with E-state index in [-0.39, 0.29) is 0 Å². The van der Waals surface area contributed by atoms with Crippen LogP contribution in [0.15, 0.2) is 30.3 Å². The summed E-state index contributed by atoms with van der Waals surface area (Å²) < 4.78 is 0. The Labute approximate surface area is 106 Å². The molecule has 0 unspecified atom stereocenters. The minimum atomic E-state index is -1.11. The van der Waals surface area contributed by atoms with Crippen LogP contribution < -0.4 is 0 Å². The number of phenols is 1. The summed E-state index contributed by atoms with van der Waals surface area (Å²) in [5.74, 6) is 0.322. The Hall–Kier alpha value is -1.47. The summed E-state index contributed by atoms with van der Waals surface area (Å²) in [7, 11) is 0. The predicted octanol–water partition coefficient (Wildman–Crippen LogP) is -0.851. The molecule has 1 aromatic carbocycles. The Bertz CT molecular complexity index is 256. The molecular weight excluding hydrogens is 240 g/mol. The first-order chi connectivity index (χ1) is 8.64. The van der Waals surface area contributed by atoms with Crippen LogP contribution >= 0.6 is 0 Å². The Kier molecular flexibility index (Phi) is 12.6. The number of phenolic OH excluding ortho intramolecular Hbond substituents is 1. The molecule has 1 aromatic rings. The van der Waals surface area contributed by atoms with Gasteiger partial charge in [0.2, 0.25) is 0 Å². The number of aromatic hydroxyl groups is 1. The molecule has 104 valence electrons. The Balaban J connectivity index is 0. The number of hydrogen-bond donors (Lipinski definition) is 5. The van der Waals surface area contributed by atoms with E-state index >= 15 is 0 Å². The highest BCUT2D eigenvalue weighted by Crippen LogP contribution is 2.11. The first kappa shape index (κ1) is 18.9. The first-order valence-corrected chi connectivity index (χ1v) is 5.10. The van der Waals surface area contributed by atoms with Crippen molar-refractivity contribution in [2.24, 2.45) is 5.41 Å². The number of benzene rings is 1. The SMILES string of the molecule is C=O.OCC(CO)(CO)CO.Oc1ccccc1. The summed E-state index contributed by atoms with van der Waals surface area (Å²) in [6.45, 7) is 0.375. The largest absolute Gasteiger partial charge is 0.508 e. The van der Waals surface area contributed by atoms with E-state index < -0.39 is 31.8 Å². The molecule has 0 spiro atoms. The van der Waals surface area contributed by atoms with Gasteiger partial charge in [0.25, 0.3) is 0 Å². The van der Waals surface area contributed by atoms with Gasteiger partial charge in [-0.25, -0.2) is 0 Å². The lowest BCUT2D eigenvalue weighted by Crippen LogP contribution is -2.37. The molecule has 0 fully saturated rings. The number of para-hydroxylation sites is 1. The van der Waals surface area contributed by atoms with Crippen molar-refractivity contribution in [3.8, 4) is 5.75 Å². The molecule has 0 aliphatic rings. The summed E-state index contributed by atoms with van der Waals surface area (Å²) in [6.07, 6.45) is 0. The summed E-state index contributed by atoms with van der Waals surface area (Å²) in [5, 5.41) is 42.6. The van der Waals surface area contributed by atoms with Gasteiger partial charge in [-0.1, -0.05) is 18.2 Å². The monoisotopic (exact) mass is 260 g/mol. The van der Waals surface area contributed by atoms with Gasteiger partial charge in [-0.3, -0.25) is 0 Å². The van der Waals surface area contributed by atoms with Crippen molar-refractivity contribution >= 4 is 6.79 Å². The zero-order valence-corrected chi connectivity index (χ0v) is 10.1. The molecule has 0 aliphatic heterocycles. The highest BCUT2D eigenvalue weighted by atomic mass is 16.3. The van der Waals surface area contributed by atoms with Crippen molar-refractivity contribution in [3.05, 3.63) is 30.3 Å². The number of carbonyl (C=O) groups excluding carboxylic acids is 1. The first-order valence-electron chi connectivity index (χ1n) is 5.10. The van der Waals surface area contributed by atoms with Crippen molar-refractivity contribution < 1.29 is 30.3 Å². The van der Waals surface area contributed by atoms with Crippen molar-refractivity contribution in [1.82, 2.24) is 0 Å². The normalized spacial score (nSPS) is 9.56. The quantitative estimate of drug-likeness (QED) is 0.481. The molecule has 0 heterocycles. The Morgan fingerprint density at radius 3 is 1.28 bits per heavy atom. The molecular formula is C12H20O6. The average molecular weight is 260 g/mol. The minimum Gasteiger partial charge on any atom is -0.508 e. The second-order valence-electron chi connectivity index (χ2n) is 3.47. The smallest absolute Gasteiger partial charge is 0.115 e. The van der Waals surface area contributed by atoms with E-state index in [2.05, 4.69) is 0 Å². The van der Waals surface area contributed by atoms with E-state index in [1.54, 1.807) is 24.3 Å². The number of aliphatic hydroxyl groups excluding tert-OH is 4. The van der Waals surface area contributed by atoms with Crippen LogP contribution in [0.4, 0.5) is 0 Å². The Morgan fingerprint density at radius 2 is 1.17 bits per heavy atom. The van der Waals surface area contributed by atoms with E-state index in [0.29, 0.717) is 5.75 Å². The minimum absolute atomic E-state index is 0.322. The van der Waals surface area contributed by atoms with Gasteiger partial charge in [0.1, 0.15) is 12.5 Å². The van der Waals surface area contributed by atoms with Gasteiger partial charge in [-0.2, -0.15) is 0 Å². The van der Waals surface area contributed by atoms with E-state index in [1.165, 1.54) is 0 Å². The molecule has 0 atom stereocenters. The second kappa shape index (κ2) is 12.0. The van der Waals surface area contributed by atoms with E-state index in [9.17, 15) is 0 Å². The van der Waals surface area contributed by atoms with Crippen molar-refractivity contribution in [2.75, 3.05) is 26.4 Å². The third-order valence-electron chi connectivity index (χ3n) is 2.10. The lowest BCUT2D eigenvalue weighted by molar-refractivity contribution is -0.0980. The van der Waals surface area contributed by atoms with Gasteiger partial charge in [0.05, 0.1) is 31.8 Å². The van der Waals surface area contributed by atoms with Crippen molar-refractivity contribution in [1.29, 1.82) is 0 Å². The van der Waals surface area contributed by atoms with E-state index in [4.69, 9.17) is 30.3 Å². The average Bonchev–Trinajstić information content (AvgIpc) is 2.46. The van der Waals surface area contributed by atoms with Crippen LogP contribution in [-0.2, 0) is 4.79 Å². The number of rotatable bonds is 4. The molecule has 0 saturated heterocycles. The fourth-order valence-electron chi connectivity index (χ4n) is 0.728. The standard InChI is InChI=1S/C6H6O.C5H12O4.CH2O/c7-6-4-2-1-3-5-6;6-1-5(2-7,3-8)4-9;1-2/h1-5,7H;6-9H,1-4H2;1H2. The van der Waals surface area contributed by atoms with Gasteiger partial charge in [0, 0.05) is 0 Å². The summed E-state index contributed by atoms with van der Waals surface area (Å²) in [4.78, 5) is 8.00. The third kappa shape index (κ3) is 7.75. The van der Waals surface area contributed by atoms with Crippen molar-refractivity contribution in [3.63, 3.8) is 0 Å². The van der Waals surface area contributed by atoms with Gasteiger partial charge >= 0.3 is 0 Å². The lowest BCUT2D eigenvalue weighted by Gasteiger charge is -2.23. The molecule has 0 saturated carbocycles. The zero-order chi connectivity index (χ0) is 14.4. The lowest BCUT2D eigenvalue weighted by atomic mass is 9.93.